The summed E-state index contributed by atoms with van der Waals surface area (Å²) in [6, 6.07) is 15.0. The van der Waals surface area contributed by atoms with E-state index in [1.165, 1.54) is 6.20 Å². The maximum atomic E-state index is 12.6. The van der Waals surface area contributed by atoms with E-state index in [1.54, 1.807) is 23.2 Å². The number of likely N-dealkylation sites (tertiary alicyclic amines) is 1. The highest BCUT2D eigenvalue weighted by Crippen LogP contribution is 2.37. The number of hydrogen-bond acceptors (Lipinski definition) is 10. The molecule has 0 saturated carbocycles. The van der Waals surface area contributed by atoms with Crippen molar-refractivity contribution in [1.82, 2.24) is 30.8 Å². The van der Waals surface area contributed by atoms with Crippen LogP contribution in [0.1, 0.15) is 56.3 Å². The van der Waals surface area contributed by atoms with Crippen LogP contribution in [0.25, 0.3) is 10.9 Å². The molecular formula is C35H36Cl3N9O2. The van der Waals surface area contributed by atoms with E-state index in [0.29, 0.717) is 56.1 Å². The number of aromatic nitrogens is 2. The molecule has 49 heavy (non-hydrogen) atoms. The Labute approximate surface area is 300 Å². The van der Waals surface area contributed by atoms with E-state index in [-0.39, 0.29) is 12.1 Å². The second kappa shape index (κ2) is 14.2. The predicted molar refractivity (Wildman–Crippen MR) is 194 cm³/mol. The Balaban J connectivity index is 1.29. The molecule has 0 radical (unpaired) electrons. The summed E-state index contributed by atoms with van der Waals surface area (Å²) in [5, 5.41) is 21.1. The van der Waals surface area contributed by atoms with Gasteiger partial charge in [-0.25, -0.2) is 9.78 Å². The number of carbonyl (C=O) groups excluding carboxylic acids is 1. The van der Waals surface area contributed by atoms with Gasteiger partial charge in [0.1, 0.15) is 16.8 Å². The molecule has 4 N–H and O–H groups in total. The number of anilines is 3. The number of ether oxygens (including phenoxy) is 1. The van der Waals surface area contributed by atoms with E-state index < -0.39 is 11.6 Å². The third kappa shape index (κ3) is 7.89. The smallest absolute Gasteiger partial charge is 0.410 e. The van der Waals surface area contributed by atoms with Crippen molar-refractivity contribution in [3.05, 3.63) is 98.6 Å². The number of rotatable bonds is 7. The van der Waals surface area contributed by atoms with Gasteiger partial charge in [-0.3, -0.25) is 9.99 Å². The van der Waals surface area contributed by atoms with Crippen LogP contribution in [0.2, 0.25) is 15.2 Å². The number of aryl methyl sites for hydroxylation is 1. The van der Waals surface area contributed by atoms with Crippen molar-refractivity contribution in [2.45, 2.75) is 58.2 Å². The lowest BCUT2D eigenvalue weighted by atomic mass is 10.0. The summed E-state index contributed by atoms with van der Waals surface area (Å²) in [4.78, 5) is 23.2. The van der Waals surface area contributed by atoms with Crippen LogP contribution in [0.3, 0.4) is 0 Å². The number of pyridine rings is 2. The van der Waals surface area contributed by atoms with Gasteiger partial charge in [0.05, 0.1) is 33.5 Å². The zero-order chi connectivity index (χ0) is 34.9. The Bertz CT molecular complexity index is 1950. The lowest BCUT2D eigenvalue weighted by Crippen LogP contribution is -2.50. The van der Waals surface area contributed by atoms with Crippen molar-refractivity contribution in [3.8, 4) is 6.07 Å². The number of benzene rings is 2. The van der Waals surface area contributed by atoms with Gasteiger partial charge in [-0.2, -0.15) is 5.26 Å². The second-order valence-corrected chi connectivity index (χ2v) is 14.2. The Hall–Kier alpha value is -4.47. The van der Waals surface area contributed by atoms with Crippen LogP contribution in [0.4, 0.5) is 21.9 Å². The van der Waals surface area contributed by atoms with Crippen molar-refractivity contribution < 1.29 is 9.53 Å². The first kappa shape index (κ1) is 34.4. The standard InChI is InChI=1S/C35H36Cl3N9O2/c1-20-5-7-23(14-27(20)36)42-31-22(16-39)18-41-33-26(31)13-24(15-28(33)37)43-32(21-6-8-30(38)40-17-21)29-19-47(45-44-29)25-9-11-46(12-10-25)34(48)49-35(2,3)4/h5-8,13-15,17-19,25,32,43-45H,9-12H2,1-4H3,(H,41,42)/t32-/m0/s1. The van der Waals surface area contributed by atoms with Crippen LogP contribution in [0, 0.1) is 18.3 Å². The van der Waals surface area contributed by atoms with Gasteiger partial charge in [0.25, 0.3) is 0 Å². The molecule has 6 rings (SSSR count). The van der Waals surface area contributed by atoms with E-state index in [4.69, 9.17) is 39.5 Å². The average Bonchev–Trinajstić information content (AvgIpc) is 3.55. The van der Waals surface area contributed by atoms with Gasteiger partial charge < -0.3 is 25.7 Å². The summed E-state index contributed by atoms with van der Waals surface area (Å²) < 4.78 is 5.57. The molecule has 1 saturated heterocycles. The number of hydrazine groups is 2. The van der Waals surface area contributed by atoms with Gasteiger partial charge in [-0.05, 0) is 82.0 Å². The molecule has 2 aromatic heterocycles. The quantitative estimate of drug-likeness (QED) is 0.139. The maximum absolute atomic E-state index is 12.6. The van der Waals surface area contributed by atoms with E-state index >= 15 is 0 Å². The molecule has 14 heteroatoms. The number of hydrogen-bond donors (Lipinski definition) is 4. The highest BCUT2D eigenvalue weighted by Gasteiger charge is 2.32. The fourth-order valence-corrected chi connectivity index (χ4v) is 6.34. The molecule has 0 aliphatic carbocycles. The normalized spacial score (nSPS) is 15.8. The molecule has 1 amide bonds. The number of halogens is 3. The molecule has 1 fully saturated rings. The Morgan fingerprint density at radius 3 is 2.47 bits per heavy atom. The summed E-state index contributed by atoms with van der Waals surface area (Å²) >= 11 is 19.4. The van der Waals surface area contributed by atoms with Crippen molar-refractivity contribution in [1.29, 1.82) is 5.26 Å². The third-order valence-corrected chi connectivity index (χ3v) is 9.23. The molecule has 11 nitrogen and oxygen atoms in total. The molecule has 0 unspecified atom stereocenters. The Morgan fingerprint density at radius 1 is 1.04 bits per heavy atom. The molecule has 0 spiro atoms. The lowest BCUT2D eigenvalue weighted by Gasteiger charge is -2.36. The summed E-state index contributed by atoms with van der Waals surface area (Å²) in [6.07, 6.45) is 6.47. The fraction of sp³-hybridized carbons (Fsp3) is 0.314. The average molecular weight is 721 g/mol. The van der Waals surface area contributed by atoms with E-state index in [2.05, 4.69) is 37.6 Å². The van der Waals surface area contributed by atoms with Gasteiger partial charge >= 0.3 is 6.09 Å². The topological polar surface area (TPSA) is 130 Å². The summed E-state index contributed by atoms with van der Waals surface area (Å²) in [6.45, 7) is 8.71. The summed E-state index contributed by atoms with van der Waals surface area (Å²) in [7, 11) is 0. The second-order valence-electron chi connectivity index (χ2n) is 13.0. The first-order valence-corrected chi connectivity index (χ1v) is 16.9. The van der Waals surface area contributed by atoms with Gasteiger partial charge in [0.15, 0.2) is 0 Å². The molecule has 2 aliphatic rings. The minimum Gasteiger partial charge on any atom is -0.444 e. The zero-order valence-electron chi connectivity index (χ0n) is 27.4. The van der Waals surface area contributed by atoms with Crippen LogP contribution >= 0.6 is 34.8 Å². The number of nitrogens with zero attached hydrogens (tertiary/aromatic N) is 5. The van der Waals surface area contributed by atoms with Crippen molar-refractivity contribution in [3.63, 3.8) is 0 Å². The van der Waals surface area contributed by atoms with Crippen LogP contribution in [0.5, 0.6) is 0 Å². The Morgan fingerprint density at radius 2 is 1.80 bits per heavy atom. The van der Waals surface area contributed by atoms with Gasteiger partial charge in [0.2, 0.25) is 0 Å². The minimum absolute atomic E-state index is 0.141. The van der Waals surface area contributed by atoms with Gasteiger partial charge in [-0.15, -0.1) is 5.53 Å². The van der Waals surface area contributed by atoms with Crippen LogP contribution in [-0.4, -0.2) is 50.7 Å². The van der Waals surface area contributed by atoms with E-state index in [1.807, 2.05) is 69.2 Å². The van der Waals surface area contributed by atoms with E-state index in [0.717, 1.165) is 35.4 Å². The molecular weight excluding hydrogens is 685 g/mol. The maximum Gasteiger partial charge on any atom is 0.410 e. The molecule has 2 aromatic carbocycles. The lowest BCUT2D eigenvalue weighted by molar-refractivity contribution is 0.0144. The monoisotopic (exact) mass is 719 g/mol. The predicted octanol–water partition coefficient (Wildman–Crippen LogP) is 8.23. The number of nitrogens with one attached hydrogen (secondary N) is 4. The number of nitriles is 1. The number of piperidine rings is 1. The SMILES string of the molecule is Cc1ccc(Nc2c(C#N)cnc3c(Cl)cc(N[C@H](C4=CN(C5CCN(C(=O)OC(C)(C)C)CC5)NN4)c4ccc(Cl)nc4)cc23)cc1Cl. The molecule has 254 valence electrons. The van der Waals surface area contributed by atoms with Crippen molar-refractivity contribution in [2.24, 2.45) is 0 Å². The van der Waals surface area contributed by atoms with Crippen molar-refractivity contribution in [2.75, 3.05) is 23.7 Å². The summed E-state index contributed by atoms with van der Waals surface area (Å²) in [5.74, 6) is 0. The fourth-order valence-electron chi connectivity index (χ4n) is 5.78. The molecule has 4 heterocycles. The zero-order valence-corrected chi connectivity index (χ0v) is 29.7. The highest BCUT2D eigenvalue weighted by atomic mass is 35.5. The molecule has 1 atom stereocenters. The number of fused-ring (bicyclic) bond motifs is 1. The molecule has 4 aromatic rings. The minimum atomic E-state index is -0.540. The largest absolute Gasteiger partial charge is 0.444 e. The van der Waals surface area contributed by atoms with Crippen molar-refractivity contribution >= 4 is 68.9 Å². The Kier molecular flexibility index (Phi) is 9.95. The summed E-state index contributed by atoms with van der Waals surface area (Å²) in [5.41, 5.74) is 11.6. The van der Waals surface area contributed by atoms with Gasteiger partial charge in [-0.1, -0.05) is 46.9 Å². The molecule has 2 aliphatic heterocycles. The first-order valence-electron chi connectivity index (χ1n) is 15.8. The third-order valence-electron chi connectivity index (χ3n) is 8.31. The molecule has 0 bridgehead atoms. The van der Waals surface area contributed by atoms with Crippen LogP contribution in [-0.2, 0) is 4.74 Å². The highest BCUT2D eigenvalue weighted by molar-refractivity contribution is 6.36. The number of carbonyl (C=O) groups is 1. The first-order chi connectivity index (χ1) is 23.4. The van der Waals surface area contributed by atoms with Gasteiger partial charge in [0, 0.05) is 59.5 Å². The van der Waals surface area contributed by atoms with Crippen LogP contribution in [0.15, 0.2) is 66.8 Å². The van der Waals surface area contributed by atoms with E-state index in [9.17, 15) is 10.1 Å². The van der Waals surface area contributed by atoms with Crippen LogP contribution < -0.4 is 21.6 Å². The number of amides is 1.